The van der Waals surface area contributed by atoms with Crippen LogP contribution in [-0.4, -0.2) is 37.2 Å². The van der Waals surface area contributed by atoms with Crippen molar-refractivity contribution in [2.45, 2.75) is 284 Å². The van der Waals surface area contributed by atoms with E-state index in [1.54, 1.807) is 0 Å². The molecule has 0 spiro atoms. The molecule has 0 fully saturated rings. The fourth-order valence-corrected chi connectivity index (χ4v) is 7.68. The second kappa shape index (κ2) is 52.0. The molecule has 0 N–H and O–H groups in total. The number of ether oxygens (including phenoxy) is 3. The van der Waals surface area contributed by atoms with Crippen LogP contribution < -0.4 is 0 Å². The van der Waals surface area contributed by atoms with Crippen LogP contribution in [0, 0.1) is 0 Å². The Hall–Kier alpha value is -2.63. The normalized spacial score (nSPS) is 12.4. The Kier molecular flexibility index (Phi) is 49.8. The molecule has 0 bridgehead atoms. The Bertz CT molecular complexity index is 1110. The highest BCUT2D eigenvalue weighted by Crippen LogP contribution is 2.15. The molecule has 0 aromatic rings. The minimum Gasteiger partial charge on any atom is -0.462 e. The molecule has 0 rings (SSSR count). The smallest absolute Gasteiger partial charge is 0.306 e. The molecule has 1 atom stereocenters. The lowest BCUT2D eigenvalue weighted by atomic mass is 10.0. The van der Waals surface area contributed by atoms with Crippen LogP contribution in [0.2, 0.25) is 0 Å². The zero-order valence-electron chi connectivity index (χ0n) is 41.8. The number of carbonyl (C=O) groups excluding carboxylic acids is 3. The van der Waals surface area contributed by atoms with Gasteiger partial charge >= 0.3 is 17.9 Å². The average molecular weight is 883 g/mol. The summed E-state index contributed by atoms with van der Waals surface area (Å²) < 4.78 is 16.8. The predicted molar refractivity (Wildman–Crippen MR) is 270 cm³/mol. The Labute approximate surface area is 390 Å². The molecule has 0 amide bonds. The van der Waals surface area contributed by atoms with Crippen LogP contribution in [0.1, 0.15) is 278 Å². The first-order chi connectivity index (χ1) is 31.0. The maximum atomic E-state index is 12.8. The molecule has 0 saturated carbocycles. The van der Waals surface area contributed by atoms with Gasteiger partial charge in [-0.05, 0) is 83.5 Å². The first-order valence-electron chi connectivity index (χ1n) is 27.1. The largest absolute Gasteiger partial charge is 0.462 e. The highest BCUT2D eigenvalue weighted by molar-refractivity contribution is 5.71. The van der Waals surface area contributed by atoms with Gasteiger partial charge in [-0.1, -0.05) is 223 Å². The standard InChI is InChI=1S/C57H102O6/c1-4-7-10-13-16-19-22-25-27-28-30-32-35-38-41-44-47-50-56(59)62-53-54(52-61-55(58)49-46-43-40-37-34-31-24-21-18-15-12-9-6-3)63-57(60)51-48-45-42-39-36-33-29-26-23-20-17-14-11-8-5-2/h17,20,25-27,29,36,39,54H,4-16,18-19,21-24,28,30-35,37-38,40-53H2,1-3H3/b20-17-,27-25-,29-26-,39-36-/t54-/m1/s1. The number of hydrogen-bond acceptors (Lipinski definition) is 6. The summed E-state index contributed by atoms with van der Waals surface area (Å²) in [5.74, 6) is -0.920. The van der Waals surface area contributed by atoms with Crippen molar-refractivity contribution in [2.75, 3.05) is 13.2 Å². The zero-order chi connectivity index (χ0) is 45.8. The van der Waals surface area contributed by atoms with E-state index < -0.39 is 6.10 Å². The summed E-state index contributed by atoms with van der Waals surface area (Å²) in [6.07, 6.45) is 62.4. The summed E-state index contributed by atoms with van der Waals surface area (Å²) in [5, 5.41) is 0. The number of hydrogen-bond donors (Lipinski definition) is 0. The molecule has 0 radical (unpaired) electrons. The number of carbonyl (C=O) groups is 3. The molecule has 0 heterocycles. The van der Waals surface area contributed by atoms with Gasteiger partial charge in [-0.3, -0.25) is 14.4 Å². The van der Waals surface area contributed by atoms with Crippen molar-refractivity contribution in [3.63, 3.8) is 0 Å². The lowest BCUT2D eigenvalue weighted by molar-refractivity contribution is -0.167. The quantitative estimate of drug-likeness (QED) is 0.0262. The van der Waals surface area contributed by atoms with Gasteiger partial charge in [-0.2, -0.15) is 0 Å². The Morgan fingerprint density at radius 3 is 0.968 bits per heavy atom. The zero-order valence-corrected chi connectivity index (χ0v) is 41.8. The molecule has 0 saturated heterocycles. The Morgan fingerprint density at radius 1 is 0.317 bits per heavy atom. The maximum absolute atomic E-state index is 12.8. The third-order valence-electron chi connectivity index (χ3n) is 11.8. The molecular formula is C57H102O6. The van der Waals surface area contributed by atoms with Crippen LogP contribution in [0.25, 0.3) is 0 Å². The van der Waals surface area contributed by atoms with Crippen molar-refractivity contribution in [3.05, 3.63) is 48.6 Å². The van der Waals surface area contributed by atoms with Gasteiger partial charge in [0.25, 0.3) is 0 Å². The topological polar surface area (TPSA) is 78.9 Å². The monoisotopic (exact) mass is 883 g/mol. The van der Waals surface area contributed by atoms with E-state index in [4.69, 9.17) is 14.2 Å². The van der Waals surface area contributed by atoms with Gasteiger partial charge in [-0.15, -0.1) is 0 Å². The lowest BCUT2D eigenvalue weighted by Crippen LogP contribution is -2.30. The lowest BCUT2D eigenvalue weighted by Gasteiger charge is -2.18. The van der Waals surface area contributed by atoms with E-state index in [1.165, 1.54) is 167 Å². The van der Waals surface area contributed by atoms with Crippen LogP contribution in [-0.2, 0) is 28.6 Å². The minimum absolute atomic E-state index is 0.0872. The van der Waals surface area contributed by atoms with Gasteiger partial charge in [0.2, 0.25) is 0 Å². The molecule has 0 aromatic carbocycles. The molecule has 6 nitrogen and oxygen atoms in total. The van der Waals surface area contributed by atoms with Gasteiger partial charge in [0.1, 0.15) is 13.2 Å². The summed E-state index contributed by atoms with van der Waals surface area (Å²) in [6, 6.07) is 0. The van der Waals surface area contributed by atoms with E-state index in [1.807, 2.05) is 0 Å². The van der Waals surface area contributed by atoms with Crippen molar-refractivity contribution in [2.24, 2.45) is 0 Å². The first kappa shape index (κ1) is 60.4. The van der Waals surface area contributed by atoms with Crippen molar-refractivity contribution in [3.8, 4) is 0 Å². The third kappa shape index (κ3) is 50.2. The summed E-state index contributed by atoms with van der Waals surface area (Å²) in [5.41, 5.74) is 0. The predicted octanol–water partition coefficient (Wildman–Crippen LogP) is 17.9. The highest BCUT2D eigenvalue weighted by atomic mass is 16.6. The van der Waals surface area contributed by atoms with E-state index in [9.17, 15) is 14.4 Å². The van der Waals surface area contributed by atoms with Crippen LogP contribution >= 0.6 is 0 Å². The number of esters is 3. The van der Waals surface area contributed by atoms with Gasteiger partial charge < -0.3 is 14.2 Å². The number of allylic oxidation sites excluding steroid dienone is 8. The van der Waals surface area contributed by atoms with E-state index in [0.29, 0.717) is 19.3 Å². The molecule has 0 aliphatic carbocycles. The summed E-state index contributed by atoms with van der Waals surface area (Å²) in [6.45, 7) is 6.59. The van der Waals surface area contributed by atoms with Crippen molar-refractivity contribution >= 4 is 17.9 Å². The minimum atomic E-state index is -0.791. The van der Waals surface area contributed by atoms with E-state index >= 15 is 0 Å². The average Bonchev–Trinajstić information content (AvgIpc) is 3.28. The number of unbranched alkanes of at least 4 members (excludes halogenated alkanes) is 30. The first-order valence-corrected chi connectivity index (χ1v) is 27.1. The molecule has 0 aliphatic rings. The van der Waals surface area contributed by atoms with Gasteiger partial charge in [0.05, 0.1) is 0 Å². The van der Waals surface area contributed by atoms with Crippen LogP contribution in [0.5, 0.6) is 0 Å². The molecule has 0 aromatic heterocycles. The van der Waals surface area contributed by atoms with E-state index in [0.717, 1.165) is 64.2 Å². The third-order valence-corrected chi connectivity index (χ3v) is 11.8. The van der Waals surface area contributed by atoms with Crippen LogP contribution in [0.4, 0.5) is 0 Å². The molecule has 6 heteroatoms. The van der Waals surface area contributed by atoms with Crippen LogP contribution in [0.15, 0.2) is 48.6 Å². The second-order valence-corrected chi connectivity index (χ2v) is 18.1. The van der Waals surface area contributed by atoms with Gasteiger partial charge in [-0.25, -0.2) is 0 Å². The summed E-state index contributed by atoms with van der Waals surface area (Å²) >= 11 is 0. The molecule has 0 unspecified atom stereocenters. The summed E-state index contributed by atoms with van der Waals surface area (Å²) in [7, 11) is 0. The highest BCUT2D eigenvalue weighted by Gasteiger charge is 2.19. The van der Waals surface area contributed by atoms with Crippen molar-refractivity contribution in [1.82, 2.24) is 0 Å². The SMILES string of the molecule is CCCCC/C=C\C/C=C\C/C=C\CCCCC(=O)O[C@@H](COC(=O)CCCCCCCCC/C=C\CCCCCCCC)COC(=O)CCCCCCCCCCCCCCC. The molecular weight excluding hydrogens is 781 g/mol. The molecule has 0 aliphatic heterocycles. The maximum Gasteiger partial charge on any atom is 0.306 e. The summed E-state index contributed by atoms with van der Waals surface area (Å²) in [4.78, 5) is 38.0. The fourth-order valence-electron chi connectivity index (χ4n) is 7.68. The van der Waals surface area contributed by atoms with Gasteiger partial charge in [0.15, 0.2) is 6.10 Å². The van der Waals surface area contributed by atoms with E-state index in [2.05, 4.69) is 69.4 Å². The second-order valence-electron chi connectivity index (χ2n) is 18.1. The number of rotatable bonds is 49. The molecule has 366 valence electrons. The fraction of sp³-hybridized carbons (Fsp3) is 0.807. The van der Waals surface area contributed by atoms with Gasteiger partial charge in [0, 0.05) is 19.3 Å². The Balaban J connectivity index is 4.41. The molecule has 63 heavy (non-hydrogen) atoms. The Morgan fingerprint density at radius 2 is 0.571 bits per heavy atom. The van der Waals surface area contributed by atoms with Crippen molar-refractivity contribution in [1.29, 1.82) is 0 Å². The van der Waals surface area contributed by atoms with E-state index in [-0.39, 0.29) is 37.5 Å². The van der Waals surface area contributed by atoms with Crippen molar-refractivity contribution < 1.29 is 28.6 Å². The van der Waals surface area contributed by atoms with Crippen LogP contribution in [0.3, 0.4) is 0 Å².